The maximum atomic E-state index is 13.1. The van der Waals surface area contributed by atoms with E-state index in [1.54, 1.807) is 0 Å². The number of hydrogen-bond acceptors (Lipinski definition) is 6. The van der Waals surface area contributed by atoms with E-state index in [0.717, 1.165) is 50.5 Å². The normalized spacial score (nSPS) is 48.0. The van der Waals surface area contributed by atoms with E-state index in [9.17, 15) is 19.8 Å². The van der Waals surface area contributed by atoms with Crippen LogP contribution >= 0.6 is 0 Å². The van der Waals surface area contributed by atoms with Gasteiger partial charge < -0.3 is 26.4 Å². The van der Waals surface area contributed by atoms with Crippen molar-refractivity contribution in [3.63, 3.8) is 0 Å². The minimum atomic E-state index is -0.875. The summed E-state index contributed by atoms with van der Waals surface area (Å²) in [6, 6.07) is -0.373. The van der Waals surface area contributed by atoms with Crippen LogP contribution in [0.25, 0.3) is 0 Å². The molecule has 7 nitrogen and oxygen atoms in total. The van der Waals surface area contributed by atoms with Crippen molar-refractivity contribution in [2.24, 2.45) is 51.4 Å². The highest BCUT2D eigenvalue weighted by molar-refractivity contribution is 5.89. The van der Waals surface area contributed by atoms with Crippen molar-refractivity contribution >= 4 is 11.9 Å². The molecule has 1 unspecified atom stereocenters. The number of carboxylic acids is 1. The fraction of sp³-hybridized carbons (Fsp3) is 0.818. The molecule has 5 saturated carbocycles. The van der Waals surface area contributed by atoms with Crippen LogP contribution in [0.5, 0.6) is 0 Å². The van der Waals surface area contributed by atoms with Crippen LogP contribution in [0, 0.1) is 39.9 Å². The molecule has 0 aromatic carbocycles. The molecule has 0 saturated heterocycles. The van der Waals surface area contributed by atoms with E-state index in [2.05, 4.69) is 34.6 Å². The lowest BCUT2D eigenvalue weighted by Gasteiger charge is -2.69. The van der Waals surface area contributed by atoms with Crippen LogP contribution < -0.4 is 11.5 Å². The summed E-state index contributed by atoms with van der Waals surface area (Å²) in [5.74, 6) is -0.979. The molecule has 5 rings (SSSR count). The van der Waals surface area contributed by atoms with Gasteiger partial charge in [-0.2, -0.15) is 0 Å². The van der Waals surface area contributed by atoms with Crippen molar-refractivity contribution in [2.75, 3.05) is 0 Å². The van der Waals surface area contributed by atoms with Gasteiger partial charge in [0.1, 0.15) is 6.10 Å². The van der Waals surface area contributed by atoms with Crippen LogP contribution in [-0.2, 0) is 14.3 Å². The molecule has 5 aliphatic rings. The second kappa shape index (κ2) is 10.2. The van der Waals surface area contributed by atoms with Gasteiger partial charge in [0.05, 0.1) is 6.10 Å². The van der Waals surface area contributed by atoms with Crippen LogP contribution in [0.1, 0.15) is 106 Å². The predicted molar refractivity (Wildman–Crippen MR) is 155 cm³/mol. The molecule has 0 aromatic rings. The fourth-order valence-electron chi connectivity index (χ4n) is 11.0. The van der Waals surface area contributed by atoms with Crippen LogP contribution in [0.4, 0.5) is 0 Å². The van der Waals surface area contributed by atoms with E-state index in [0.29, 0.717) is 24.8 Å². The van der Waals surface area contributed by atoms with Gasteiger partial charge in [-0.3, -0.25) is 4.79 Å². The highest BCUT2D eigenvalue weighted by Gasteiger charge is 2.70. The molecule has 7 heteroatoms. The summed E-state index contributed by atoms with van der Waals surface area (Å²) >= 11 is 0. The van der Waals surface area contributed by atoms with E-state index in [-0.39, 0.29) is 58.0 Å². The predicted octanol–water partition coefficient (Wildman–Crippen LogP) is 5.10. The monoisotopic (exact) mass is 556 g/mol. The quantitative estimate of drug-likeness (QED) is 0.216. The molecule has 11 atom stereocenters. The van der Waals surface area contributed by atoms with Gasteiger partial charge >= 0.3 is 11.9 Å². The van der Waals surface area contributed by atoms with Gasteiger partial charge in [-0.05, 0) is 124 Å². The fourth-order valence-corrected chi connectivity index (χ4v) is 11.0. The van der Waals surface area contributed by atoms with Crippen molar-refractivity contribution in [3.8, 4) is 0 Å². The van der Waals surface area contributed by atoms with Crippen LogP contribution in [0.2, 0.25) is 0 Å². The van der Waals surface area contributed by atoms with Gasteiger partial charge in [0.2, 0.25) is 0 Å². The molecule has 0 radical (unpaired) electrons. The molecule has 0 bridgehead atoms. The van der Waals surface area contributed by atoms with Crippen molar-refractivity contribution in [1.82, 2.24) is 0 Å². The first-order valence-corrected chi connectivity index (χ1v) is 15.6. The summed E-state index contributed by atoms with van der Waals surface area (Å²) in [6.07, 6.45) is 7.32. The van der Waals surface area contributed by atoms with Crippen LogP contribution in [0.15, 0.2) is 22.3 Å². The number of rotatable bonds is 3. The summed E-state index contributed by atoms with van der Waals surface area (Å²) in [5.41, 5.74) is 17.2. The zero-order chi connectivity index (χ0) is 29.4. The number of nitrogens with two attached hydrogens (primary N) is 2. The number of hydrogen-bond donors (Lipinski definition) is 4. The maximum absolute atomic E-state index is 13.1. The van der Waals surface area contributed by atoms with Gasteiger partial charge in [0, 0.05) is 24.6 Å². The van der Waals surface area contributed by atoms with E-state index in [1.807, 2.05) is 0 Å². The van der Waals surface area contributed by atoms with E-state index in [4.69, 9.17) is 16.2 Å². The zero-order valence-corrected chi connectivity index (χ0v) is 25.5. The number of esters is 1. The maximum Gasteiger partial charge on any atom is 0.331 e. The molecule has 224 valence electrons. The molecule has 0 spiro atoms. The second-order valence-corrected chi connectivity index (χ2v) is 15.0. The van der Waals surface area contributed by atoms with Crippen molar-refractivity contribution in [2.45, 2.75) is 130 Å². The Bertz CT molecular complexity index is 1130. The number of aliphatic hydroxyl groups excluding tert-OH is 1. The lowest BCUT2D eigenvalue weighted by Crippen LogP contribution is -2.69. The first-order chi connectivity index (χ1) is 18.7. The standard InChI is InChI=1S/C33H52N2O5/c1-17(2)19-8-7-9-20(14-19)26(30(38)39)27-22-15-23(34)29-31(4)12-11-24(37)28(35)21(31)10-13-32(29,5)33(22,6)16-25(27)40-18(3)36/h20-25,28-29,37H,7-16,34-35H2,1-6H3,(H,38,39)/b27-26-/t20?,21-,22-,23+,24+,25-,28-,29-,31-,32-,33-/m0/s1. The second-order valence-electron chi connectivity index (χ2n) is 15.0. The van der Waals surface area contributed by atoms with Crippen molar-refractivity contribution in [3.05, 3.63) is 22.3 Å². The molecule has 6 N–H and O–H groups in total. The molecule has 0 amide bonds. The molecular weight excluding hydrogens is 504 g/mol. The summed E-state index contributed by atoms with van der Waals surface area (Å²) in [7, 11) is 0. The Morgan fingerprint density at radius 3 is 2.33 bits per heavy atom. The highest BCUT2D eigenvalue weighted by Crippen LogP contribution is 2.73. The topological polar surface area (TPSA) is 136 Å². The van der Waals surface area contributed by atoms with Gasteiger partial charge in [0.15, 0.2) is 0 Å². The number of carbonyl (C=O) groups excluding carboxylic acids is 1. The molecule has 0 aliphatic heterocycles. The number of allylic oxidation sites excluding steroid dienone is 2. The Kier molecular flexibility index (Phi) is 7.62. The number of ether oxygens (including phenoxy) is 1. The van der Waals surface area contributed by atoms with Gasteiger partial charge in [-0.25, -0.2) is 4.79 Å². The average molecular weight is 557 g/mol. The lowest BCUT2D eigenvalue weighted by molar-refractivity contribution is -0.196. The third-order valence-corrected chi connectivity index (χ3v) is 12.9. The Labute approximate surface area is 240 Å². The molecule has 0 heterocycles. The number of carbonyl (C=O) groups is 2. The molecule has 5 aliphatic carbocycles. The van der Waals surface area contributed by atoms with Crippen molar-refractivity contribution < 1.29 is 24.5 Å². The van der Waals surface area contributed by atoms with Crippen LogP contribution in [0.3, 0.4) is 0 Å². The first kappa shape index (κ1) is 29.8. The van der Waals surface area contributed by atoms with E-state index >= 15 is 0 Å². The zero-order valence-electron chi connectivity index (χ0n) is 25.5. The van der Waals surface area contributed by atoms with Crippen molar-refractivity contribution in [1.29, 1.82) is 0 Å². The minimum Gasteiger partial charge on any atom is -0.478 e. The van der Waals surface area contributed by atoms with E-state index < -0.39 is 18.2 Å². The number of aliphatic hydroxyl groups is 1. The van der Waals surface area contributed by atoms with E-state index in [1.165, 1.54) is 18.1 Å². The van der Waals surface area contributed by atoms with Gasteiger partial charge in [-0.1, -0.05) is 31.9 Å². The van der Waals surface area contributed by atoms with Gasteiger partial charge in [-0.15, -0.1) is 0 Å². The summed E-state index contributed by atoms with van der Waals surface area (Å²) < 4.78 is 6.03. The average Bonchev–Trinajstić information content (AvgIpc) is 3.13. The highest BCUT2D eigenvalue weighted by atomic mass is 16.5. The number of carboxylic acid groups (broad SMARTS) is 1. The summed E-state index contributed by atoms with van der Waals surface area (Å²) in [4.78, 5) is 25.6. The number of aliphatic carboxylic acids is 1. The Morgan fingerprint density at radius 2 is 1.70 bits per heavy atom. The Morgan fingerprint density at radius 1 is 1.00 bits per heavy atom. The lowest BCUT2D eigenvalue weighted by atomic mass is 9.36. The SMILES string of the molecule is CC(=O)O[C@H]1C[C@@]2(C)[C@@H](C[C@@H](N)[C@H]3[C@@]4(C)CC[C@@H](O)[C@@H](N)[C@@H]4CC[C@@]32C)/C1=C(/C(=O)O)C1CCCC(=C(C)C)C1. The Balaban J connectivity index is 1.64. The summed E-state index contributed by atoms with van der Waals surface area (Å²) in [6.45, 7) is 12.7. The third-order valence-electron chi connectivity index (χ3n) is 12.9. The first-order valence-electron chi connectivity index (χ1n) is 15.6. The van der Waals surface area contributed by atoms with Gasteiger partial charge in [0.25, 0.3) is 0 Å². The minimum absolute atomic E-state index is 0.0562. The largest absolute Gasteiger partial charge is 0.478 e. The molecule has 40 heavy (non-hydrogen) atoms. The smallest absolute Gasteiger partial charge is 0.331 e. The molecular formula is C33H52N2O5. The van der Waals surface area contributed by atoms with Crippen LogP contribution in [-0.4, -0.2) is 46.4 Å². The number of fused-ring (bicyclic) bond motifs is 5. The molecule has 5 fully saturated rings. The Hall–Kier alpha value is -1.70. The third kappa shape index (κ3) is 4.32. The molecule has 0 aromatic heterocycles. The summed E-state index contributed by atoms with van der Waals surface area (Å²) in [5, 5.41) is 21.4.